The summed E-state index contributed by atoms with van der Waals surface area (Å²) >= 11 is 6.02. The number of halogens is 4. The van der Waals surface area contributed by atoms with Gasteiger partial charge in [-0.15, -0.1) is 0 Å². The number of rotatable bonds is 6. The first-order valence-electron chi connectivity index (χ1n) is 8.58. The molecule has 0 fully saturated rings. The maximum Gasteiger partial charge on any atom is 0.416 e. The molecule has 1 atom stereocenters. The van der Waals surface area contributed by atoms with Crippen molar-refractivity contribution in [2.75, 3.05) is 17.2 Å². The summed E-state index contributed by atoms with van der Waals surface area (Å²) in [6, 6.07) is 9.63. The second-order valence-corrected chi connectivity index (χ2v) is 6.63. The molecule has 0 aliphatic carbocycles. The van der Waals surface area contributed by atoms with Crippen LogP contribution >= 0.6 is 11.6 Å². The molecule has 0 amide bonds. The third-order valence-electron chi connectivity index (χ3n) is 3.86. The zero-order valence-electron chi connectivity index (χ0n) is 15.2. The van der Waals surface area contributed by atoms with Gasteiger partial charge in [-0.3, -0.25) is 4.98 Å². The second-order valence-electron chi connectivity index (χ2n) is 6.22. The topological polar surface area (TPSA) is 83.0 Å². The van der Waals surface area contributed by atoms with E-state index in [0.29, 0.717) is 17.2 Å². The predicted molar refractivity (Wildman–Crippen MR) is 105 cm³/mol. The Kier molecular flexibility index (Phi) is 6.19. The first kappa shape index (κ1) is 20.8. The van der Waals surface area contributed by atoms with Gasteiger partial charge >= 0.3 is 6.18 Å². The van der Waals surface area contributed by atoms with Crippen molar-refractivity contribution in [1.29, 1.82) is 0 Å². The summed E-state index contributed by atoms with van der Waals surface area (Å²) in [5.74, 6) is 0.523. The van der Waals surface area contributed by atoms with Gasteiger partial charge in [0, 0.05) is 18.3 Å². The molecule has 29 heavy (non-hydrogen) atoms. The molecule has 10 heteroatoms. The van der Waals surface area contributed by atoms with Crippen molar-refractivity contribution in [2.45, 2.75) is 19.1 Å². The molecule has 2 heterocycles. The van der Waals surface area contributed by atoms with Crippen LogP contribution in [0.25, 0.3) is 11.4 Å². The van der Waals surface area contributed by atoms with Gasteiger partial charge in [-0.2, -0.15) is 18.2 Å². The average Bonchev–Trinajstić information content (AvgIpc) is 2.69. The fourth-order valence-corrected chi connectivity index (χ4v) is 2.65. The van der Waals surface area contributed by atoms with Gasteiger partial charge in [-0.1, -0.05) is 17.7 Å². The Hall–Kier alpha value is -2.91. The van der Waals surface area contributed by atoms with Gasteiger partial charge < -0.3 is 15.7 Å². The van der Waals surface area contributed by atoms with E-state index in [1.807, 2.05) is 0 Å². The monoisotopic (exact) mass is 423 g/mol. The summed E-state index contributed by atoms with van der Waals surface area (Å²) < 4.78 is 38.5. The highest BCUT2D eigenvalue weighted by atomic mass is 35.5. The lowest BCUT2D eigenvalue weighted by Gasteiger charge is -2.15. The maximum absolute atomic E-state index is 12.8. The minimum absolute atomic E-state index is 0.101. The lowest BCUT2D eigenvalue weighted by Crippen LogP contribution is -2.21. The molecule has 6 nitrogen and oxygen atoms in total. The normalized spacial score (nSPS) is 12.5. The summed E-state index contributed by atoms with van der Waals surface area (Å²) in [5, 5.41) is 15.0. The Morgan fingerprint density at radius 2 is 1.90 bits per heavy atom. The van der Waals surface area contributed by atoms with Crippen LogP contribution in [0.4, 0.5) is 30.6 Å². The van der Waals surface area contributed by atoms with Gasteiger partial charge in [0.25, 0.3) is 0 Å². The van der Waals surface area contributed by atoms with Gasteiger partial charge in [-0.25, -0.2) is 4.98 Å². The van der Waals surface area contributed by atoms with Gasteiger partial charge in [0.15, 0.2) is 0 Å². The van der Waals surface area contributed by atoms with Crippen LogP contribution in [0.1, 0.15) is 12.5 Å². The highest BCUT2D eigenvalue weighted by Gasteiger charge is 2.30. The molecule has 0 aliphatic rings. The number of anilines is 3. The van der Waals surface area contributed by atoms with Crippen molar-refractivity contribution in [3.05, 3.63) is 59.2 Å². The second kappa shape index (κ2) is 8.62. The molecule has 0 aliphatic heterocycles. The van der Waals surface area contributed by atoms with E-state index in [2.05, 4.69) is 25.6 Å². The number of benzene rings is 1. The number of alkyl halides is 3. The summed E-state index contributed by atoms with van der Waals surface area (Å²) in [5.41, 5.74) is 0.477. The summed E-state index contributed by atoms with van der Waals surface area (Å²) in [7, 11) is 0. The smallest absolute Gasteiger partial charge is 0.394 e. The van der Waals surface area contributed by atoms with Gasteiger partial charge in [0.05, 0.1) is 34.3 Å². The molecular weight excluding hydrogens is 407 g/mol. The van der Waals surface area contributed by atoms with E-state index in [1.54, 1.807) is 37.4 Å². The third kappa shape index (κ3) is 5.33. The molecule has 3 N–H and O–H groups in total. The van der Waals surface area contributed by atoms with E-state index in [9.17, 15) is 18.3 Å². The standard InChI is InChI=1S/C19H17ClF3N5O/c1-11(10-29)25-18-27-16(15-4-2-3-7-24-15)9-17(28-18)26-14-6-5-12(8-13(14)20)19(21,22)23/h2-9,11,29H,10H2,1H3,(H2,25,26,27,28)/t11-/m0/s1. The van der Waals surface area contributed by atoms with Crippen molar-refractivity contribution in [3.8, 4) is 11.4 Å². The lowest BCUT2D eigenvalue weighted by atomic mass is 10.2. The minimum Gasteiger partial charge on any atom is -0.394 e. The van der Waals surface area contributed by atoms with E-state index in [4.69, 9.17) is 11.6 Å². The zero-order valence-corrected chi connectivity index (χ0v) is 16.0. The number of nitrogens with one attached hydrogen (secondary N) is 2. The van der Waals surface area contributed by atoms with Crippen molar-refractivity contribution in [2.24, 2.45) is 0 Å². The Labute approximate surface area is 169 Å². The summed E-state index contributed by atoms with van der Waals surface area (Å²) in [6.45, 7) is 1.61. The Bertz CT molecular complexity index is 985. The van der Waals surface area contributed by atoms with Gasteiger partial charge in [0.2, 0.25) is 5.95 Å². The quantitative estimate of drug-likeness (QED) is 0.531. The van der Waals surface area contributed by atoms with Crippen LogP contribution in [0.3, 0.4) is 0 Å². The molecule has 0 bridgehead atoms. The van der Waals surface area contributed by atoms with Crippen molar-refractivity contribution in [1.82, 2.24) is 15.0 Å². The number of hydrogen-bond donors (Lipinski definition) is 3. The van der Waals surface area contributed by atoms with Crippen LogP contribution in [-0.4, -0.2) is 32.7 Å². The molecule has 0 unspecified atom stereocenters. The largest absolute Gasteiger partial charge is 0.416 e. The van der Waals surface area contributed by atoms with E-state index in [-0.39, 0.29) is 29.3 Å². The van der Waals surface area contributed by atoms with Crippen LogP contribution in [0.2, 0.25) is 5.02 Å². The Balaban J connectivity index is 1.97. The molecule has 2 aromatic heterocycles. The highest BCUT2D eigenvalue weighted by Crippen LogP contribution is 2.35. The molecule has 1 aromatic carbocycles. The van der Waals surface area contributed by atoms with E-state index >= 15 is 0 Å². The predicted octanol–water partition coefficient (Wildman–Crippen LogP) is 4.75. The average molecular weight is 424 g/mol. The van der Waals surface area contributed by atoms with Crippen molar-refractivity contribution >= 4 is 29.1 Å². The number of aromatic nitrogens is 3. The van der Waals surface area contributed by atoms with Crippen LogP contribution in [0, 0.1) is 0 Å². The lowest BCUT2D eigenvalue weighted by molar-refractivity contribution is -0.137. The Morgan fingerprint density at radius 3 is 2.52 bits per heavy atom. The molecular formula is C19H17ClF3N5O. The van der Waals surface area contributed by atoms with Crippen molar-refractivity contribution < 1.29 is 18.3 Å². The molecule has 152 valence electrons. The zero-order chi connectivity index (χ0) is 21.0. The first-order valence-corrected chi connectivity index (χ1v) is 8.95. The van der Waals surface area contributed by atoms with Crippen LogP contribution in [-0.2, 0) is 6.18 Å². The molecule has 0 radical (unpaired) electrons. The number of hydrogen-bond acceptors (Lipinski definition) is 6. The van der Waals surface area contributed by atoms with Gasteiger partial charge in [0.1, 0.15) is 5.82 Å². The van der Waals surface area contributed by atoms with Crippen LogP contribution < -0.4 is 10.6 Å². The first-order chi connectivity index (χ1) is 13.8. The minimum atomic E-state index is -4.49. The molecule has 0 spiro atoms. The van der Waals surface area contributed by atoms with E-state index < -0.39 is 11.7 Å². The third-order valence-corrected chi connectivity index (χ3v) is 4.17. The SMILES string of the molecule is C[C@@H](CO)Nc1nc(Nc2ccc(C(F)(F)F)cc2Cl)cc(-c2ccccn2)n1. The Morgan fingerprint density at radius 1 is 1.10 bits per heavy atom. The molecule has 3 rings (SSSR count). The molecule has 0 saturated carbocycles. The summed E-state index contributed by atoms with van der Waals surface area (Å²) in [6.07, 6.45) is -2.87. The maximum atomic E-state index is 12.8. The van der Waals surface area contributed by atoms with Crippen molar-refractivity contribution in [3.63, 3.8) is 0 Å². The fourth-order valence-electron chi connectivity index (χ4n) is 2.42. The van der Waals surface area contributed by atoms with Gasteiger partial charge in [-0.05, 0) is 37.3 Å². The number of nitrogens with zero attached hydrogens (tertiary/aromatic N) is 3. The molecule has 0 saturated heterocycles. The summed E-state index contributed by atoms with van der Waals surface area (Å²) in [4.78, 5) is 12.9. The highest BCUT2D eigenvalue weighted by molar-refractivity contribution is 6.33. The molecule has 3 aromatic rings. The van der Waals surface area contributed by atoms with E-state index in [1.165, 1.54) is 6.07 Å². The fraction of sp³-hybridized carbons (Fsp3) is 0.211. The van der Waals surface area contributed by atoms with Crippen LogP contribution in [0.15, 0.2) is 48.7 Å². The number of aliphatic hydroxyl groups excluding tert-OH is 1. The van der Waals surface area contributed by atoms with E-state index in [0.717, 1.165) is 12.1 Å². The van der Waals surface area contributed by atoms with Crippen LogP contribution in [0.5, 0.6) is 0 Å². The number of pyridine rings is 1. The number of aliphatic hydroxyl groups is 1.